The SMILES string of the molecule is [Si]C1([Si])CCC1. The maximum Gasteiger partial charge on any atom is 0.0262 e. The lowest BCUT2D eigenvalue weighted by atomic mass is 9.98. The van der Waals surface area contributed by atoms with Crippen LogP contribution < -0.4 is 0 Å². The van der Waals surface area contributed by atoms with Gasteiger partial charge in [-0.2, -0.15) is 0 Å². The fourth-order valence-electron chi connectivity index (χ4n) is 0.530. The Morgan fingerprint density at radius 2 is 1.50 bits per heavy atom. The second-order valence-corrected chi connectivity index (χ2v) is 4.35. The summed E-state index contributed by atoms with van der Waals surface area (Å²) < 4.78 is 0.333. The van der Waals surface area contributed by atoms with Crippen LogP contribution in [-0.4, -0.2) is 20.5 Å². The average Bonchev–Trinajstić information content (AvgIpc) is 1.32. The van der Waals surface area contributed by atoms with Crippen molar-refractivity contribution < 1.29 is 0 Å². The van der Waals surface area contributed by atoms with E-state index in [2.05, 4.69) is 20.5 Å². The Labute approximate surface area is 45.2 Å². The van der Waals surface area contributed by atoms with Gasteiger partial charge in [0.2, 0.25) is 0 Å². The molecule has 0 aromatic heterocycles. The van der Waals surface area contributed by atoms with Gasteiger partial charge in [-0.25, -0.2) is 0 Å². The fourth-order valence-corrected chi connectivity index (χ4v) is 1.24. The quantitative estimate of drug-likeness (QED) is 0.401. The molecule has 0 heterocycles. The molecule has 1 aliphatic rings. The second kappa shape index (κ2) is 1.20. The standard InChI is InChI=1S/C4H6Si2/c5-4(6)2-1-3-4/h1-3H2. The van der Waals surface area contributed by atoms with Gasteiger partial charge in [-0.05, 0) is 0 Å². The minimum absolute atomic E-state index is 0.333. The molecule has 30 valence electrons. The van der Waals surface area contributed by atoms with Crippen molar-refractivity contribution in [1.82, 2.24) is 0 Å². The third kappa shape index (κ3) is 0.735. The van der Waals surface area contributed by atoms with Gasteiger partial charge >= 0.3 is 0 Å². The zero-order chi connectivity index (χ0) is 4.62. The first-order valence-electron chi connectivity index (χ1n) is 2.21. The Balaban J connectivity index is 2.31. The fraction of sp³-hybridized carbons (Fsp3) is 1.00. The summed E-state index contributed by atoms with van der Waals surface area (Å²) in [5, 5.41) is 0. The molecule has 0 aliphatic heterocycles. The molecule has 0 amide bonds. The molecule has 6 heavy (non-hydrogen) atoms. The van der Waals surface area contributed by atoms with Gasteiger partial charge in [-0.1, -0.05) is 23.9 Å². The van der Waals surface area contributed by atoms with Gasteiger partial charge in [-0.15, -0.1) is 0 Å². The van der Waals surface area contributed by atoms with Crippen LogP contribution in [0.15, 0.2) is 0 Å². The summed E-state index contributed by atoms with van der Waals surface area (Å²) in [6.45, 7) is 0. The van der Waals surface area contributed by atoms with Gasteiger partial charge < -0.3 is 0 Å². The van der Waals surface area contributed by atoms with Gasteiger partial charge in [0, 0.05) is 20.5 Å². The highest BCUT2D eigenvalue weighted by Gasteiger charge is 2.25. The molecule has 0 aromatic rings. The number of hydrogen-bond donors (Lipinski definition) is 0. The molecule has 1 rings (SSSR count). The Morgan fingerprint density at radius 3 is 1.50 bits per heavy atom. The van der Waals surface area contributed by atoms with Crippen molar-refractivity contribution in [2.45, 2.75) is 23.9 Å². The minimum Gasteiger partial charge on any atom is -0.0537 e. The van der Waals surface area contributed by atoms with E-state index in [-0.39, 0.29) is 0 Å². The molecular formula is C4H6Si2. The van der Waals surface area contributed by atoms with Crippen LogP contribution >= 0.6 is 0 Å². The van der Waals surface area contributed by atoms with Gasteiger partial charge in [0.1, 0.15) is 0 Å². The van der Waals surface area contributed by atoms with Crippen LogP contribution in [0, 0.1) is 0 Å². The summed E-state index contributed by atoms with van der Waals surface area (Å²) in [5.41, 5.74) is 0. The third-order valence-electron chi connectivity index (χ3n) is 1.21. The predicted molar refractivity (Wildman–Crippen MR) is 28.1 cm³/mol. The van der Waals surface area contributed by atoms with Crippen molar-refractivity contribution in [2.24, 2.45) is 0 Å². The zero-order valence-corrected chi connectivity index (χ0v) is 5.62. The highest BCUT2D eigenvalue weighted by atomic mass is 28.2. The topological polar surface area (TPSA) is 0 Å². The van der Waals surface area contributed by atoms with Crippen LogP contribution in [0.5, 0.6) is 0 Å². The van der Waals surface area contributed by atoms with Crippen molar-refractivity contribution in [1.29, 1.82) is 0 Å². The lowest BCUT2D eigenvalue weighted by Gasteiger charge is -2.33. The number of rotatable bonds is 0. The summed E-state index contributed by atoms with van der Waals surface area (Å²) in [4.78, 5) is 0. The molecule has 0 N–H and O–H groups in total. The molecule has 0 saturated heterocycles. The second-order valence-electron chi connectivity index (χ2n) is 1.94. The molecule has 6 radical (unpaired) electrons. The van der Waals surface area contributed by atoms with Crippen LogP contribution in [-0.2, 0) is 0 Å². The van der Waals surface area contributed by atoms with E-state index in [9.17, 15) is 0 Å². The number of hydrogen-bond acceptors (Lipinski definition) is 0. The van der Waals surface area contributed by atoms with Crippen molar-refractivity contribution in [2.75, 3.05) is 0 Å². The third-order valence-corrected chi connectivity index (χ3v) is 2.21. The first kappa shape index (κ1) is 4.59. The van der Waals surface area contributed by atoms with Gasteiger partial charge in [-0.3, -0.25) is 0 Å². The summed E-state index contributed by atoms with van der Waals surface area (Å²) in [6.07, 6.45) is 3.93. The summed E-state index contributed by atoms with van der Waals surface area (Å²) in [7, 11) is 7.05. The summed E-state index contributed by atoms with van der Waals surface area (Å²) >= 11 is 0. The van der Waals surface area contributed by atoms with Crippen molar-refractivity contribution in [3.05, 3.63) is 0 Å². The molecule has 0 atom stereocenters. The predicted octanol–water partition coefficient (Wildman–Crippen LogP) is 0.623. The van der Waals surface area contributed by atoms with Crippen LogP contribution in [0.2, 0.25) is 4.66 Å². The van der Waals surface area contributed by atoms with E-state index in [1.807, 2.05) is 0 Å². The van der Waals surface area contributed by atoms with E-state index >= 15 is 0 Å². The van der Waals surface area contributed by atoms with Crippen LogP contribution in [0.1, 0.15) is 19.3 Å². The molecule has 0 unspecified atom stereocenters. The molecule has 0 bridgehead atoms. The maximum absolute atomic E-state index is 3.52. The van der Waals surface area contributed by atoms with Gasteiger partial charge in [0.05, 0.1) is 0 Å². The van der Waals surface area contributed by atoms with Crippen LogP contribution in [0.4, 0.5) is 0 Å². The molecule has 1 fully saturated rings. The Bertz CT molecular complexity index is 52.6. The normalized spacial score (nSPS) is 29.0. The van der Waals surface area contributed by atoms with E-state index in [0.29, 0.717) is 4.66 Å². The molecule has 2 heteroatoms. The Hall–Kier alpha value is 0.434. The largest absolute Gasteiger partial charge is 0.0537 e. The summed E-state index contributed by atoms with van der Waals surface area (Å²) in [5.74, 6) is 0. The highest BCUT2D eigenvalue weighted by Crippen LogP contribution is 2.40. The Morgan fingerprint density at radius 1 is 1.17 bits per heavy atom. The van der Waals surface area contributed by atoms with Crippen molar-refractivity contribution in [3.63, 3.8) is 0 Å². The maximum atomic E-state index is 3.52. The van der Waals surface area contributed by atoms with E-state index in [4.69, 9.17) is 0 Å². The average molecular weight is 110 g/mol. The van der Waals surface area contributed by atoms with E-state index in [0.717, 1.165) is 0 Å². The van der Waals surface area contributed by atoms with E-state index in [1.54, 1.807) is 0 Å². The van der Waals surface area contributed by atoms with Gasteiger partial charge in [0.15, 0.2) is 0 Å². The molecule has 0 aromatic carbocycles. The van der Waals surface area contributed by atoms with Crippen LogP contribution in [0.3, 0.4) is 0 Å². The highest BCUT2D eigenvalue weighted by molar-refractivity contribution is 6.40. The van der Waals surface area contributed by atoms with Crippen molar-refractivity contribution in [3.8, 4) is 0 Å². The van der Waals surface area contributed by atoms with Crippen molar-refractivity contribution >= 4 is 20.5 Å². The molecule has 0 nitrogen and oxygen atoms in total. The molecule has 1 saturated carbocycles. The van der Waals surface area contributed by atoms with E-state index in [1.165, 1.54) is 19.3 Å². The van der Waals surface area contributed by atoms with E-state index < -0.39 is 0 Å². The lowest BCUT2D eigenvalue weighted by molar-refractivity contribution is 0.455. The smallest absolute Gasteiger partial charge is 0.0262 e. The Kier molecular flexibility index (Phi) is 0.918. The summed E-state index contributed by atoms with van der Waals surface area (Å²) in [6, 6.07) is 0. The molecular weight excluding hydrogens is 104 g/mol. The first-order chi connectivity index (χ1) is 2.71. The zero-order valence-electron chi connectivity index (χ0n) is 3.62. The first-order valence-corrected chi connectivity index (χ1v) is 3.21. The van der Waals surface area contributed by atoms with Crippen LogP contribution in [0.25, 0.3) is 0 Å². The van der Waals surface area contributed by atoms with Gasteiger partial charge in [0.25, 0.3) is 0 Å². The molecule has 1 aliphatic carbocycles. The lowest BCUT2D eigenvalue weighted by Crippen LogP contribution is -2.21. The molecule has 0 spiro atoms. The minimum atomic E-state index is 0.333. The monoisotopic (exact) mass is 110 g/mol.